The van der Waals surface area contributed by atoms with E-state index in [4.69, 9.17) is 20.5 Å². The summed E-state index contributed by atoms with van der Waals surface area (Å²) < 4.78 is 35.9. The molecule has 124 valence electrons. The monoisotopic (exact) mass is 354 g/mol. The van der Waals surface area contributed by atoms with Gasteiger partial charge in [-0.2, -0.15) is 8.42 Å². The minimum absolute atomic E-state index is 0.0182. The summed E-state index contributed by atoms with van der Waals surface area (Å²) in [4.78, 5) is 0.0182. The number of ether oxygens (including phenoxy) is 1. The van der Waals surface area contributed by atoms with Gasteiger partial charge in [-0.1, -0.05) is 17.7 Å². The highest BCUT2D eigenvalue weighted by molar-refractivity contribution is 7.87. The largest absolute Gasteiger partial charge is 0.492 e. The molecule has 4 nitrogen and oxygen atoms in total. The van der Waals surface area contributed by atoms with E-state index in [1.54, 1.807) is 45.0 Å². The molecule has 2 rings (SSSR count). The second-order valence-corrected chi connectivity index (χ2v) is 7.18. The first-order valence-corrected chi connectivity index (χ1v) is 8.98. The minimum Gasteiger partial charge on any atom is -0.492 e. The zero-order valence-electron chi connectivity index (χ0n) is 13.5. The fourth-order valence-corrected chi connectivity index (χ4v) is 3.46. The van der Waals surface area contributed by atoms with Gasteiger partial charge in [-0.05, 0) is 68.7 Å². The average molecular weight is 355 g/mol. The summed E-state index contributed by atoms with van der Waals surface area (Å²) in [5, 5.41) is 0.598. The number of aryl methyl sites for hydroxylation is 3. The minimum atomic E-state index is -4.00. The standard InChI is InChI=1S/C17H19ClO4S/c1-5-21-15-7-6-11(2)8-16(15)23(19,20)22-14-9-12(3)17(18)13(4)10-14/h6-10H,5H2,1-4H3. The number of rotatable bonds is 5. The molecule has 0 bridgehead atoms. The fourth-order valence-electron chi connectivity index (χ4n) is 2.21. The van der Waals surface area contributed by atoms with E-state index in [-0.39, 0.29) is 16.4 Å². The lowest BCUT2D eigenvalue weighted by atomic mass is 10.1. The molecule has 0 atom stereocenters. The third-order valence-electron chi connectivity index (χ3n) is 3.28. The Morgan fingerprint density at radius 3 is 2.22 bits per heavy atom. The summed E-state index contributed by atoms with van der Waals surface area (Å²) >= 11 is 6.10. The van der Waals surface area contributed by atoms with Gasteiger partial charge < -0.3 is 8.92 Å². The Morgan fingerprint density at radius 2 is 1.65 bits per heavy atom. The lowest BCUT2D eigenvalue weighted by Crippen LogP contribution is -2.12. The van der Waals surface area contributed by atoms with Crippen molar-refractivity contribution in [1.82, 2.24) is 0 Å². The van der Waals surface area contributed by atoms with E-state index in [0.29, 0.717) is 11.6 Å². The van der Waals surface area contributed by atoms with E-state index in [0.717, 1.165) is 16.7 Å². The molecule has 0 aliphatic rings. The van der Waals surface area contributed by atoms with E-state index in [9.17, 15) is 8.42 Å². The van der Waals surface area contributed by atoms with Crippen molar-refractivity contribution in [2.75, 3.05) is 6.61 Å². The molecule has 0 spiro atoms. The van der Waals surface area contributed by atoms with Gasteiger partial charge in [0.15, 0.2) is 0 Å². The van der Waals surface area contributed by atoms with Crippen molar-refractivity contribution >= 4 is 21.7 Å². The molecule has 0 radical (unpaired) electrons. The van der Waals surface area contributed by atoms with Gasteiger partial charge in [0, 0.05) is 5.02 Å². The summed E-state index contributed by atoms with van der Waals surface area (Å²) in [5.41, 5.74) is 2.32. The van der Waals surface area contributed by atoms with Crippen LogP contribution < -0.4 is 8.92 Å². The van der Waals surface area contributed by atoms with Crippen LogP contribution in [0.15, 0.2) is 35.2 Å². The summed E-state index contributed by atoms with van der Waals surface area (Å²) in [6.07, 6.45) is 0. The van der Waals surface area contributed by atoms with Crippen LogP contribution in [0.1, 0.15) is 23.6 Å². The topological polar surface area (TPSA) is 52.6 Å². The van der Waals surface area contributed by atoms with Crippen molar-refractivity contribution in [3.63, 3.8) is 0 Å². The molecular formula is C17H19ClO4S. The predicted molar refractivity (Wildman–Crippen MR) is 91.1 cm³/mol. The fraction of sp³-hybridized carbons (Fsp3) is 0.294. The first-order valence-electron chi connectivity index (χ1n) is 7.19. The van der Waals surface area contributed by atoms with Crippen LogP contribution in [0.25, 0.3) is 0 Å². The molecule has 0 aliphatic heterocycles. The van der Waals surface area contributed by atoms with E-state index < -0.39 is 10.1 Å². The number of hydrogen-bond donors (Lipinski definition) is 0. The molecule has 0 N–H and O–H groups in total. The van der Waals surface area contributed by atoms with E-state index in [1.807, 2.05) is 6.92 Å². The van der Waals surface area contributed by atoms with Crippen LogP contribution in [0.2, 0.25) is 5.02 Å². The molecular weight excluding hydrogens is 336 g/mol. The molecule has 6 heteroatoms. The van der Waals surface area contributed by atoms with Crippen LogP contribution in [-0.2, 0) is 10.1 Å². The van der Waals surface area contributed by atoms with Gasteiger partial charge >= 0.3 is 10.1 Å². The Hall–Kier alpha value is -1.72. The molecule has 0 heterocycles. The smallest absolute Gasteiger partial charge is 0.342 e. The molecule has 0 saturated carbocycles. The number of hydrogen-bond acceptors (Lipinski definition) is 4. The van der Waals surface area contributed by atoms with Crippen LogP contribution in [0, 0.1) is 20.8 Å². The van der Waals surface area contributed by atoms with E-state index in [2.05, 4.69) is 0 Å². The van der Waals surface area contributed by atoms with Gasteiger partial charge in [0.05, 0.1) is 6.61 Å². The molecule has 2 aromatic carbocycles. The van der Waals surface area contributed by atoms with Crippen molar-refractivity contribution in [3.05, 3.63) is 52.0 Å². The van der Waals surface area contributed by atoms with Crippen LogP contribution in [-0.4, -0.2) is 15.0 Å². The van der Waals surface area contributed by atoms with Gasteiger partial charge in [0.25, 0.3) is 0 Å². The van der Waals surface area contributed by atoms with Crippen LogP contribution in [0.4, 0.5) is 0 Å². The molecule has 0 unspecified atom stereocenters. The molecule has 23 heavy (non-hydrogen) atoms. The van der Waals surface area contributed by atoms with Crippen LogP contribution >= 0.6 is 11.6 Å². The first-order chi connectivity index (χ1) is 10.7. The molecule has 0 fully saturated rings. The van der Waals surface area contributed by atoms with Crippen molar-refractivity contribution in [3.8, 4) is 11.5 Å². The highest BCUT2D eigenvalue weighted by Crippen LogP contribution is 2.31. The molecule has 2 aromatic rings. The quantitative estimate of drug-likeness (QED) is 0.745. The second-order valence-electron chi connectivity index (χ2n) is 5.29. The zero-order valence-corrected chi connectivity index (χ0v) is 15.1. The molecule has 0 amide bonds. The predicted octanol–water partition coefficient (Wildman–Crippen LogP) is 4.43. The summed E-state index contributed by atoms with van der Waals surface area (Å²) in [6.45, 7) is 7.57. The third-order valence-corrected chi connectivity index (χ3v) is 5.15. The highest BCUT2D eigenvalue weighted by Gasteiger charge is 2.23. The second kappa shape index (κ2) is 6.81. The maximum atomic E-state index is 12.6. The number of halogens is 1. The van der Waals surface area contributed by atoms with Crippen molar-refractivity contribution < 1.29 is 17.3 Å². The van der Waals surface area contributed by atoms with Gasteiger partial charge in [0.1, 0.15) is 16.4 Å². The Balaban J connectivity index is 2.45. The van der Waals surface area contributed by atoms with Crippen molar-refractivity contribution in [2.45, 2.75) is 32.6 Å². The van der Waals surface area contributed by atoms with Crippen molar-refractivity contribution in [2.24, 2.45) is 0 Å². The Kier molecular flexibility index (Phi) is 5.22. The van der Waals surface area contributed by atoms with Crippen molar-refractivity contribution in [1.29, 1.82) is 0 Å². The molecule has 0 aromatic heterocycles. The summed E-state index contributed by atoms with van der Waals surface area (Å²) in [7, 11) is -4.00. The van der Waals surface area contributed by atoms with Gasteiger partial charge in [0.2, 0.25) is 0 Å². The lowest BCUT2D eigenvalue weighted by molar-refractivity contribution is 0.329. The summed E-state index contributed by atoms with van der Waals surface area (Å²) in [6, 6.07) is 8.16. The molecule has 0 saturated heterocycles. The first kappa shape index (κ1) is 17.6. The maximum absolute atomic E-state index is 12.6. The average Bonchev–Trinajstić information content (AvgIpc) is 2.46. The van der Waals surface area contributed by atoms with Gasteiger partial charge in [-0.25, -0.2) is 0 Å². The Morgan fingerprint density at radius 1 is 1.04 bits per heavy atom. The Bertz CT molecular complexity index is 805. The van der Waals surface area contributed by atoms with Crippen LogP contribution in [0.3, 0.4) is 0 Å². The lowest BCUT2D eigenvalue weighted by Gasteiger charge is -2.13. The number of benzene rings is 2. The van der Waals surface area contributed by atoms with Gasteiger partial charge in [-0.15, -0.1) is 0 Å². The SMILES string of the molecule is CCOc1ccc(C)cc1S(=O)(=O)Oc1cc(C)c(Cl)c(C)c1. The maximum Gasteiger partial charge on any atom is 0.342 e. The third kappa shape index (κ3) is 3.98. The zero-order chi connectivity index (χ0) is 17.2. The van der Waals surface area contributed by atoms with Crippen LogP contribution in [0.5, 0.6) is 11.5 Å². The highest BCUT2D eigenvalue weighted by atomic mass is 35.5. The summed E-state index contributed by atoms with van der Waals surface area (Å²) in [5.74, 6) is 0.508. The normalized spacial score (nSPS) is 11.3. The Labute approximate surface area is 142 Å². The van der Waals surface area contributed by atoms with Gasteiger partial charge in [-0.3, -0.25) is 0 Å². The molecule has 0 aliphatic carbocycles. The van der Waals surface area contributed by atoms with E-state index in [1.165, 1.54) is 6.07 Å². The van der Waals surface area contributed by atoms with E-state index >= 15 is 0 Å².